The number of methoxy groups -OCH3 is 1. The van der Waals surface area contributed by atoms with Crippen LogP contribution in [0.5, 0.6) is 23.0 Å². The first-order chi connectivity index (χ1) is 16.9. The molecule has 0 aliphatic heterocycles. The van der Waals surface area contributed by atoms with Crippen LogP contribution in [0, 0.1) is 0 Å². The number of benzene rings is 2. The molecule has 0 saturated heterocycles. The standard InChI is InChI=1S/C25H23N3O6S/c1-32-21-13-17-19(14-22(21)33-11-9-18(26)25(30)31)27-10-8-20(17)34-16-6-4-15(5-7-16)28-24(29)23-3-2-12-35-23/h2-8,10,12-14,18H,9,11,26H2,1H3,(H,28,29)(H,30,31)/t18-/m0/s1. The van der Waals surface area contributed by atoms with E-state index in [2.05, 4.69) is 10.3 Å². The molecule has 4 N–H and O–H groups in total. The highest BCUT2D eigenvalue weighted by molar-refractivity contribution is 7.12. The zero-order valence-electron chi connectivity index (χ0n) is 18.8. The molecule has 0 saturated carbocycles. The van der Waals surface area contributed by atoms with Crippen molar-refractivity contribution in [2.75, 3.05) is 19.0 Å². The number of carbonyl (C=O) groups excluding carboxylic acids is 1. The SMILES string of the molecule is COc1cc2c(Oc3ccc(NC(=O)c4cccs4)cc3)ccnc2cc1OCC[C@H](N)C(=O)O. The Morgan fingerprint density at radius 1 is 1.11 bits per heavy atom. The zero-order valence-corrected chi connectivity index (χ0v) is 19.6. The highest BCUT2D eigenvalue weighted by Gasteiger charge is 2.15. The highest BCUT2D eigenvalue weighted by atomic mass is 32.1. The molecule has 9 nitrogen and oxygen atoms in total. The van der Waals surface area contributed by atoms with Gasteiger partial charge in [-0.05, 0) is 47.8 Å². The van der Waals surface area contributed by atoms with Gasteiger partial charge in [-0.2, -0.15) is 0 Å². The van der Waals surface area contributed by atoms with E-state index in [0.29, 0.717) is 44.5 Å². The maximum Gasteiger partial charge on any atom is 0.320 e. The summed E-state index contributed by atoms with van der Waals surface area (Å²) in [6.07, 6.45) is 1.76. The van der Waals surface area contributed by atoms with Gasteiger partial charge in [0.15, 0.2) is 11.5 Å². The molecule has 4 aromatic rings. The van der Waals surface area contributed by atoms with Crippen molar-refractivity contribution in [1.29, 1.82) is 0 Å². The summed E-state index contributed by atoms with van der Waals surface area (Å²) < 4.78 is 17.2. The number of carboxylic acid groups (broad SMARTS) is 1. The third-order valence-corrected chi connectivity index (χ3v) is 5.94. The van der Waals surface area contributed by atoms with Crippen molar-refractivity contribution in [3.05, 3.63) is 71.1 Å². The second-order valence-corrected chi connectivity index (χ2v) is 8.42. The number of nitrogens with two attached hydrogens (primary N) is 1. The second kappa shape index (κ2) is 10.9. The number of carboxylic acids is 1. The number of amides is 1. The maximum atomic E-state index is 12.2. The zero-order chi connectivity index (χ0) is 24.8. The first kappa shape index (κ1) is 24.0. The number of nitrogens with zero attached hydrogens (tertiary/aromatic N) is 1. The predicted octanol–water partition coefficient (Wildman–Crippen LogP) is 4.53. The van der Waals surface area contributed by atoms with Gasteiger partial charge in [0.1, 0.15) is 17.5 Å². The predicted molar refractivity (Wildman–Crippen MR) is 133 cm³/mol. The van der Waals surface area contributed by atoms with E-state index in [1.165, 1.54) is 18.4 Å². The van der Waals surface area contributed by atoms with Crippen molar-refractivity contribution < 1.29 is 28.9 Å². The number of ether oxygens (including phenoxy) is 3. The summed E-state index contributed by atoms with van der Waals surface area (Å²) >= 11 is 1.38. The fourth-order valence-electron chi connectivity index (χ4n) is 3.24. The summed E-state index contributed by atoms with van der Waals surface area (Å²) in [7, 11) is 1.51. The minimum Gasteiger partial charge on any atom is -0.493 e. The highest BCUT2D eigenvalue weighted by Crippen LogP contribution is 2.37. The lowest BCUT2D eigenvalue weighted by Gasteiger charge is -2.14. The van der Waals surface area contributed by atoms with E-state index < -0.39 is 12.0 Å². The topological polar surface area (TPSA) is 133 Å². The van der Waals surface area contributed by atoms with Gasteiger partial charge in [0.25, 0.3) is 5.91 Å². The van der Waals surface area contributed by atoms with Crippen molar-refractivity contribution in [3.8, 4) is 23.0 Å². The number of nitrogens with one attached hydrogen (secondary N) is 1. The third-order valence-electron chi connectivity index (χ3n) is 5.08. The molecule has 2 aromatic carbocycles. The number of aromatic nitrogens is 1. The minimum absolute atomic E-state index is 0.112. The van der Waals surface area contributed by atoms with E-state index in [9.17, 15) is 9.59 Å². The lowest BCUT2D eigenvalue weighted by molar-refractivity contribution is -0.138. The molecular weight excluding hydrogens is 470 g/mol. The van der Waals surface area contributed by atoms with Crippen molar-refractivity contribution in [1.82, 2.24) is 4.98 Å². The third kappa shape index (κ3) is 5.86. The van der Waals surface area contributed by atoms with E-state index in [1.807, 2.05) is 11.4 Å². The minimum atomic E-state index is -1.08. The Bertz CT molecular complexity index is 1330. The first-order valence-corrected chi connectivity index (χ1v) is 11.5. The van der Waals surface area contributed by atoms with Crippen molar-refractivity contribution in [2.45, 2.75) is 12.5 Å². The Balaban J connectivity index is 1.49. The van der Waals surface area contributed by atoms with Crippen LogP contribution in [0.1, 0.15) is 16.1 Å². The van der Waals surface area contributed by atoms with Crippen LogP contribution in [0.2, 0.25) is 0 Å². The van der Waals surface area contributed by atoms with Gasteiger partial charge >= 0.3 is 5.97 Å². The van der Waals surface area contributed by atoms with E-state index in [1.54, 1.807) is 54.7 Å². The van der Waals surface area contributed by atoms with Gasteiger partial charge in [0.05, 0.1) is 24.1 Å². The van der Waals surface area contributed by atoms with Gasteiger partial charge in [-0.1, -0.05) is 6.07 Å². The molecule has 4 rings (SSSR count). The normalized spacial score (nSPS) is 11.6. The van der Waals surface area contributed by atoms with Gasteiger partial charge < -0.3 is 30.4 Å². The van der Waals surface area contributed by atoms with Crippen LogP contribution in [-0.2, 0) is 4.79 Å². The average Bonchev–Trinajstić information content (AvgIpc) is 3.40. The number of fused-ring (bicyclic) bond motifs is 1. The number of rotatable bonds is 10. The van der Waals surface area contributed by atoms with Crippen LogP contribution in [0.3, 0.4) is 0 Å². The Morgan fingerprint density at radius 3 is 2.60 bits per heavy atom. The Labute approximate surface area is 205 Å². The van der Waals surface area contributed by atoms with Gasteiger partial charge in [0, 0.05) is 29.8 Å². The molecule has 180 valence electrons. The Hall–Kier alpha value is -4.15. The fourth-order valence-corrected chi connectivity index (χ4v) is 3.86. The number of aliphatic carboxylic acids is 1. The molecule has 0 unspecified atom stereocenters. The van der Waals surface area contributed by atoms with Gasteiger partial charge in [0.2, 0.25) is 0 Å². The molecule has 10 heteroatoms. The van der Waals surface area contributed by atoms with Crippen LogP contribution in [0.4, 0.5) is 5.69 Å². The number of anilines is 1. The lowest BCUT2D eigenvalue weighted by Crippen LogP contribution is -2.31. The van der Waals surface area contributed by atoms with Crippen LogP contribution in [-0.4, -0.2) is 41.7 Å². The van der Waals surface area contributed by atoms with Crippen molar-refractivity contribution in [2.24, 2.45) is 5.73 Å². The maximum absolute atomic E-state index is 12.2. The molecule has 0 spiro atoms. The number of hydrogen-bond acceptors (Lipinski definition) is 8. The summed E-state index contributed by atoms with van der Waals surface area (Å²) in [5.41, 5.74) is 6.80. The number of pyridine rings is 1. The number of carbonyl (C=O) groups is 2. The molecule has 2 heterocycles. The average molecular weight is 494 g/mol. The molecule has 35 heavy (non-hydrogen) atoms. The molecule has 0 radical (unpaired) electrons. The van der Waals surface area contributed by atoms with Crippen LogP contribution in [0.15, 0.2) is 66.2 Å². The molecule has 0 fully saturated rings. The smallest absolute Gasteiger partial charge is 0.320 e. The summed E-state index contributed by atoms with van der Waals surface area (Å²) in [4.78, 5) is 28.1. The molecule has 1 atom stereocenters. The summed E-state index contributed by atoms with van der Waals surface area (Å²) in [5, 5.41) is 14.3. The Morgan fingerprint density at radius 2 is 1.91 bits per heavy atom. The largest absolute Gasteiger partial charge is 0.493 e. The van der Waals surface area contributed by atoms with E-state index in [0.717, 1.165) is 0 Å². The van der Waals surface area contributed by atoms with Crippen LogP contribution >= 0.6 is 11.3 Å². The van der Waals surface area contributed by atoms with Gasteiger partial charge in [-0.3, -0.25) is 14.6 Å². The summed E-state index contributed by atoms with van der Waals surface area (Å²) in [6.45, 7) is 0.112. The number of hydrogen-bond donors (Lipinski definition) is 3. The first-order valence-electron chi connectivity index (χ1n) is 10.7. The van der Waals surface area contributed by atoms with E-state index in [-0.39, 0.29) is 18.9 Å². The van der Waals surface area contributed by atoms with Crippen molar-refractivity contribution in [3.63, 3.8) is 0 Å². The monoisotopic (exact) mass is 493 g/mol. The van der Waals surface area contributed by atoms with Crippen molar-refractivity contribution >= 4 is 39.8 Å². The van der Waals surface area contributed by atoms with E-state index in [4.69, 9.17) is 25.1 Å². The summed E-state index contributed by atoms with van der Waals surface area (Å²) in [5.74, 6) is 0.764. The molecule has 1 amide bonds. The molecule has 0 aliphatic rings. The number of thiophene rings is 1. The van der Waals surface area contributed by atoms with E-state index >= 15 is 0 Å². The second-order valence-electron chi connectivity index (χ2n) is 7.47. The lowest BCUT2D eigenvalue weighted by atomic mass is 10.1. The molecule has 2 aromatic heterocycles. The van der Waals surface area contributed by atoms with Gasteiger partial charge in [-0.15, -0.1) is 11.3 Å². The van der Waals surface area contributed by atoms with Crippen LogP contribution in [0.25, 0.3) is 10.9 Å². The quantitative estimate of drug-likeness (QED) is 0.293. The Kier molecular flexibility index (Phi) is 7.44. The molecule has 0 bridgehead atoms. The summed E-state index contributed by atoms with van der Waals surface area (Å²) in [6, 6.07) is 14.8. The molecular formula is C25H23N3O6S. The molecule has 0 aliphatic carbocycles. The van der Waals surface area contributed by atoms with Gasteiger partial charge in [-0.25, -0.2) is 0 Å². The fraction of sp³-hybridized carbons (Fsp3) is 0.160. The van der Waals surface area contributed by atoms with Crippen LogP contribution < -0.4 is 25.3 Å².